The lowest BCUT2D eigenvalue weighted by Gasteiger charge is -2.13. The summed E-state index contributed by atoms with van der Waals surface area (Å²) in [4.78, 5) is 12.6. The maximum atomic E-state index is 12.6. The third kappa shape index (κ3) is 4.35. The smallest absolute Gasteiger partial charge is 0.237 e. The highest BCUT2D eigenvalue weighted by atomic mass is 35.5. The molecule has 3 rings (SSSR count). The molecule has 142 valence electrons. The lowest BCUT2D eigenvalue weighted by Crippen LogP contribution is -2.23. The number of aromatic nitrogens is 3. The lowest BCUT2D eigenvalue weighted by atomic mass is 10.2. The predicted octanol–water partition coefficient (Wildman–Crippen LogP) is 4.61. The Kier molecular flexibility index (Phi) is 6.34. The summed E-state index contributed by atoms with van der Waals surface area (Å²) in [6, 6.07) is 16.4. The maximum Gasteiger partial charge on any atom is 0.237 e. The van der Waals surface area contributed by atoms with Gasteiger partial charge in [0, 0.05) is 17.1 Å². The zero-order valence-electron chi connectivity index (χ0n) is 15.4. The quantitative estimate of drug-likeness (QED) is 0.599. The van der Waals surface area contributed by atoms with E-state index in [1.807, 2.05) is 29.7 Å². The first kappa shape index (κ1) is 19.9. The molecule has 2 aromatic carbocycles. The molecule has 0 saturated heterocycles. The van der Waals surface area contributed by atoms with Crippen LogP contribution in [0.15, 0.2) is 53.7 Å². The van der Waals surface area contributed by atoms with Gasteiger partial charge >= 0.3 is 0 Å². The molecule has 1 amide bonds. The fourth-order valence-corrected chi connectivity index (χ4v) is 3.74. The Morgan fingerprint density at radius 2 is 2.07 bits per heavy atom. The number of thioether (sulfide) groups is 1. The fourth-order valence-electron chi connectivity index (χ4n) is 2.64. The van der Waals surface area contributed by atoms with Crippen LogP contribution in [0.2, 0.25) is 5.02 Å². The Hall–Kier alpha value is -2.82. The summed E-state index contributed by atoms with van der Waals surface area (Å²) < 4.78 is 1.95. The second-order valence-corrected chi connectivity index (χ2v) is 7.71. The molecule has 1 unspecified atom stereocenters. The van der Waals surface area contributed by atoms with Gasteiger partial charge in [-0.3, -0.25) is 4.79 Å². The normalized spacial score (nSPS) is 11.6. The molecule has 1 atom stereocenters. The number of amides is 1. The topological polar surface area (TPSA) is 83.6 Å². The summed E-state index contributed by atoms with van der Waals surface area (Å²) in [6.45, 7) is 4.45. The average molecular weight is 412 g/mol. The average Bonchev–Trinajstić information content (AvgIpc) is 3.10. The first-order valence-corrected chi connectivity index (χ1v) is 9.95. The van der Waals surface area contributed by atoms with Crippen molar-refractivity contribution in [2.24, 2.45) is 0 Å². The van der Waals surface area contributed by atoms with E-state index in [4.69, 9.17) is 16.9 Å². The third-order valence-electron chi connectivity index (χ3n) is 4.07. The van der Waals surface area contributed by atoms with E-state index in [1.165, 1.54) is 11.8 Å². The first-order chi connectivity index (χ1) is 13.5. The van der Waals surface area contributed by atoms with Gasteiger partial charge in [0.15, 0.2) is 11.0 Å². The summed E-state index contributed by atoms with van der Waals surface area (Å²) >= 11 is 7.40. The number of nitrogens with zero attached hydrogens (tertiary/aromatic N) is 4. The number of halogens is 1. The van der Waals surface area contributed by atoms with Gasteiger partial charge in [-0.25, -0.2) is 0 Å². The second-order valence-electron chi connectivity index (χ2n) is 5.97. The van der Waals surface area contributed by atoms with E-state index >= 15 is 0 Å². The summed E-state index contributed by atoms with van der Waals surface area (Å²) in [6.07, 6.45) is 0. The van der Waals surface area contributed by atoms with Gasteiger partial charge in [0.2, 0.25) is 5.91 Å². The van der Waals surface area contributed by atoms with Crippen LogP contribution in [-0.4, -0.2) is 25.9 Å². The Morgan fingerprint density at radius 1 is 1.29 bits per heavy atom. The molecule has 0 bridgehead atoms. The summed E-state index contributed by atoms with van der Waals surface area (Å²) in [5.41, 5.74) is 1.79. The van der Waals surface area contributed by atoms with Crippen LogP contribution in [0.5, 0.6) is 0 Å². The summed E-state index contributed by atoms with van der Waals surface area (Å²) in [5.74, 6) is 0.498. The summed E-state index contributed by atoms with van der Waals surface area (Å²) in [7, 11) is 0. The number of rotatable bonds is 6. The molecule has 0 aliphatic heterocycles. The highest BCUT2D eigenvalue weighted by Crippen LogP contribution is 2.28. The van der Waals surface area contributed by atoms with E-state index in [0.29, 0.717) is 33.8 Å². The maximum absolute atomic E-state index is 12.6. The van der Waals surface area contributed by atoms with Crippen molar-refractivity contribution in [2.75, 3.05) is 5.32 Å². The molecule has 1 aromatic heterocycles. The van der Waals surface area contributed by atoms with Gasteiger partial charge in [-0.15, -0.1) is 10.2 Å². The minimum Gasteiger partial charge on any atom is -0.324 e. The van der Waals surface area contributed by atoms with Crippen LogP contribution < -0.4 is 5.32 Å². The molecule has 0 aliphatic rings. The van der Waals surface area contributed by atoms with Crippen LogP contribution in [0.1, 0.15) is 19.4 Å². The Bertz CT molecular complexity index is 1040. The molecule has 6 nitrogen and oxygen atoms in total. The van der Waals surface area contributed by atoms with Crippen LogP contribution in [0, 0.1) is 11.3 Å². The minimum atomic E-state index is -0.423. The Morgan fingerprint density at radius 3 is 2.79 bits per heavy atom. The first-order valence-electron chi connectivity index (χ1n) is 8.69. The number of carbonyl (C=O) groups is 1. The number of anilines is 1. The number of carbonyl (C=O) groups excluding carboxylic acids is 1. The van der Waals surface area contributed by atoms with Crippen LogP contribution in [0.4, 0.5) is 5.69 Å². The van der Waals surface area contributed by atoms with E-state index in [2.05, 4.69) is 21.6 Å². The van der Waals surface area contributed by atoms with Crippen molar-refractivity contribution in [1.29, 1.82) is 5.26 Å². The zero-order valence-corrected chi connectivity index (χ0v) is 17.0. The van der Waals surface area contributed by atoms with Gasteiger partial charge in [-0.05, 0) is 38.1 Å². The molecule has 0 saturated carbocycles. The Balaban J connectivity index is 1.78. The van der Waals surface area contributed by atoms with Crippen LogP contribution in [0.25, 0.3) is 11.4 Å². The van der Waals surface area contributed by atoms with Crippen molar-refractivity contribution in [3.05, 3.63) is 59.1 Å². The molecule has 1 N–H and O–H groups in total. The van der Waals surface area contributed by atoms with Crippen molar-refractivity contribution >= 4 is 35.0 Å². The van der Waals surface area contributed by atoms with Gasteiger partial charge in [0.1, 0.15) is 6.07 Å². The number of para-hydroxylation sites is 1. The molecule has 28 heavy (non-hydrogen) atoms. The van der Waals surface area contributed by atoms with E-state index < -0.39 is 5.25 Å². The monoisotopic (exact) mass is 411 g/mol. The molecule has 0 spiro atoms. The fraction of sp³-hybridized carbons (Fsp3) is 0.200. The van der Waals surface area contributed by atoms with Gasteiger partial charge < -0.3 is 9.88 Å². The van der Waals surface area contributed by atoms with Crippen LogP contribution in [0.3, 0.4) is 0 Å². The molecular formula is C20H18ClN5OS. The number of hydrogen-bond acceptors (Lipinski definition) is 5. The number of nitriles is 1. The van der Waals surface area contributed by atoms with Crippen LogP contribution >= 0.6 is 23.4 Å². The molecule has 0 aliphatic carbocycles. The highest BCUT2D eigenvalue weighted by Gasteiger charge is 2.21. The highest BCUT2D eigenvalue weighted by molar-refractivity contribution is 8.00. The predicted molar refractivity (Wildman–Crippen MR) is 111 cm³/mol. The van der Waals surface area contributed by atoms with E-state index in [0.717, 1.165) is 5.56 Å². The van der Waals surface area contributed by atoms with E-state index in [9.17, 15) is 4.79 Å². The van der Waals surface area contributed by atoms with Crippen molar-refractivity contribution in [2.45, 2.75) is 30.8 Å². The van der Waals surface area contributed by atoms with Gasteiger partial charge in [-0.2, -0.15) is 5.26 Å². The number of hydrogen-bond donors (Lipinski definition) is 1. The molecule has 0 radical (unpaired) electrons. The number of nitrogens with one attached hydrogen (secondary N) is 1. The zero-order chi connectivity index (χ0) is 20.1. The van der Waals surface area contributed by atoms with E-state index in [1.54, 1.807) is 37.3 Å². The summed E-state index contributed by atoms with van der Waals surface area (Å²) in [5, 5.41) is 21.4. The van der Waals surface area contributed by atoms with Gasteiger partial charge in [0.05, 0.1) is 16.5 Å². The van der Waals surface area contributed by atoms with Crippen molar-refractivity contribution < 1.29 is 4.79 Å². The van der Waals surface area contributed by atoms with Crippen molar-refractivity contribution in [3.63, 3.8) is 0 Å². The van der Waals surface area contributed by atoms with Crippen LogP contribution in [-0.2, 0) is 11.3 Å². The van der Waals surface area contributed by atoms with Gasteiger partial charge in [-0.1, -0.05) is 47.6 Å². The molecule has 0 fully saturated rings. The van der Waals surface area contributed by atoms with Gasteiger partial charge in [0.25, 0.3) is 0 Å². The largest absolute Gasteiger partial charge is 0.324 e. The van der Waals surface area contributed by atoms with Crippen molar-refractivity contribution in [3.8, 4) is 17.5 Å². The minimum absolute atomic E-state index is 0.206. The third-order valence-corrected chi connectivity index (χ3v) is 5.39. The molecule has 3 aromatic rings. The SMILES string of the molecule is CCn1c(SC(C)C(=O)Nc2ccccc2C#N)nnc1-c1cccc(Cl)c1. The van der Waals surface area contributed by atoms with E-state index in [-0.39, 0.29) is 5.91 Å². The second kappa shape index (κ2) is 8.91. The lowest BCUT2D eigenvalue weighted by molar-refractivity contribution is -0.115. The van der Waals surface area contributed by atoms with Crippen molar-refractivity contribution in [1.82, 2.24) is 14.8 Å². The number of benzene rings is 2. The standard InChI is InChI=1S/C20H18ClN5OS/c1-3-26-18(14-8-6-9-16(21)11-14)24-25-20(26)28-13(2)19(27)23-17-10-5-4-7-15(17)12-22/h4-11,13H,3H2,1-2H3,(H,23,27). The molecule has 8 heteroatoms. The molecular weight excluding hydrogens is 394 g/mol. The Labute approximate surface area is 172 Å². The molecule has 1 heterocycles.